The van der Waals surface area contributed by atoms with Crippen LogP contribution in [0.25, 0.3) is 0 Å². The van der Waals surface area contributed by atoms with Gasteiger partial charge < -0.3 is 14.7 Å². The SMILES string of the molecule is COc1ccc(C2(O)CC3CCC(C2)N3CC(=O)N2CCCC2)cc1. The highest BCUT2D eigenvalue weighted by molar-refractivity contribution is 5.78. The standard InChI is InChI=1S/C20H28N2O3/c1-25-18-8-4-15(5-9-18)20(24)12-16-6-7-17(13-20)22(16)14-19(23)21-10-2-3-11-21/h4-5,8-9,16-17,24H,2-3,6-7,10-14H2,1H3. The number of piperidine rings is 1. The van der Waals surface area contributed by atoms with Crippen LogP contribution in [-0.2, 0) is 10.4 Å². The fourth-order valence-corrected chi connectivity index (χ4v) is 4.93. The summed E-state index contributed by atoms with van der Waals surface area (Å²) in [5.41, 5.74) is 0.182. The fraction of sp³-hybridized carbons (Fsp3) is 0.650. The second-order valence-corrected chi connectivity index (χ2v) is 7.81. The summed E-state index contributed by atoms with van der Waals surface area (Å²) in [6.07, 6.45) is 5.85. The summed E-state index contributed by atoms with van der Waals surface area (Å²) in [6.45, 7) is 2.35. The zero-order valence-corrected chi connectivity index (χ0v) is 15.0. The summed E-state index contributed by atoms with van der Waals surface area (Å²) >= 11 is 0. The molecule has 0 spiro atoms. The maximum Gasteiger partial charge on any atom is 0.236 e. The van der Waals surface area contributed by atoms with E-state index in [9.17, 15) is 9.90 Å². The van der Waals surface area contributed by atoms with Crippen molar-refractivity contribution in [3.05, 3.63) is 29.8 Å². The van der Waals surface area contributed by atoms with E-state index in [-0.39, 0.29) is 5.91 Å². The van der Waals surface area contributed by atoms with Gasteiger partial charge in [0.2, 0.25) is 5.91 Å². The lowest BCUT2D eigenvalue weighted by atomic mass is 9.80. The molecule has 1 aromatic carbocycles. The van der Waals surface area contributed by atoms with Crippen LogP contribution < -0.4 is 4.74 Å². The number of benzene rings is 1. The average molecular weight is 344 g/mol. The molecular weight excluding hydrogens is 316 g/mol. The highest BCUT2D eigenvalue weighted by Crippen LogP contribution is 2.45. The van der Waals surface area contributed by atoms with E-state index in [2.05, 4.69) is 4.90 Å². The third-order valence-electron chi connectivity index (χ3n) is 6.32. The molecule has 3 aliphatic rings. The van der Waals surface area contributed by atoms with Crippen LogP contribution in [0.2, 0.25) is 0 Å². The van der Waals surface area contributed by atoms with Crippen molar-refractivity contribution in [2.45, 2.75) is 56.2 Å². The number of carbonyl (C=O) groups excluding carboxylic acids is 1. The van der Waals surface area contributed by atoms with E-state index >= 15 is 0 Å². The lowest BCUT2D eigenvalue weighted by molar-refractivity contribution is -0.134. The molecular formula is C20H28N2O3. The number of ether oxygens (including phenoxy) is 1. The van der Waals surface area contributed by atoms with Crippen molar-refractivity contribution >= 4 is 5.91 Å². The summed E-state index contributed by atoms with van der Waals surface area (Å²) in [6, 6.07) is 8.39. The predicted octanol–water partition coefficient (Wildman–Crippen LogP) is 2.13. The summed E-state index contributed by atoms with van der Waals surface area (Å²) in [5.74, 6) is 1.08. The second kappa shape index (κ2) is 6.61. The van der Waals surface area contributed by atoms with Gasteiger partial charge in [-0.15, -0.1) is 0 Å². The summed E-state index contributed by atoms with van der Waals surface area (Å²) in [4.78, 5) is 16.9. The Bertz CT molecular complexity index is 610. The van der Waals surface area contributed by atoms with Gasteiger partial charge in [0.25, 0.3) is 0 Å². The Hall–Kier alpha value is -1.59. The van der Waals surface area contributed by atoms with Crippen molar-refractivity contribution in [1.82, 2.24) is 9.80 Å². The lowest BCUT2D eigenvalue weighted by Gasteiger charge is -2.44. The number of fused-ring (bicyclic) bond motifs is 2. The van der Waals surface area contributed by atoms with Crippen LogP contribution in [0.4, 0.5) is 0 Å². The minimum atomic E-state index is -0.786. The molecule has 1 aromatic rings. The first kappa shape index (κ1) is 16.9. The number of hydrogen-bond donors (Lipinski definition) is 1. The van der Waals surface area contributed by atoms with Gasteiger partial charge in [-0.2, -0.15) is 0 Å². The summed E-state index contributed by atoms with van der Waals surface area (Å²) in [7, 11) is 1.65. The molecule has 5 nitrogen and oxygen atoms in total. The topological polar surface area (TPSA) is 53.0 Å². The first-order valence-electron chi connectivity index (χ1n) is 9.49. The van der Waals surface area contributed by atoms with Crippen LogP contribution >= 0.6 is 0 Å². The van der Waals surface area contributed by atoms with Crippen molar-refractivity contribution in [1.29, 1.82) is 0 Å². The van der Waals surface area contributed by atoms with E-state index in [4.69, 9.17) is 4.74 Å². The Balaban J connectivity index is 1.46. The van der Waals surface area contributed by atoms with E-state index in [0.29, 0.717) is 31.5 Å². The molecule has 0 radical (unpaired) electrons. The van der Waals surface area contributed by atoms with Gasteiger partial charge in [-0.05, 0) is 56.2 Å². The van der Waals surface area contributed by atoms with Crippen LogP contribution in [0, 0.1) is 0 Å². The molecule has 0 aliphatic carbocycles. The number of methoxy groups -OCH3 is 1. The van der Waals surface area contributed by atoms with Crippen LogP contribution in [0.5, 0.6) is 5.75 Å². The van der Waals surface area contributed by atoms with E-state index in [0.717, 1.165) is 50.1 Å². The van der Waals surface area contributed by atoms with E-state index in [1.54, 1.807) is 7.11 Å². The summed E-state index contributed by atoms with van der Waals surface area (Å²) < 4.78 is 5.22. The molecule has 2 unspecified atom stereocenters. The highest BCUT2D eigenvalue weighted by atomic mass is 16.5. The van der Waals surface area contributed by atoms with Gasteiger partial charge in [0.05, 0.1) is 19.3 Å². The van der Waals surface area contributed by atoms with E-state index in [1.165, 1.54) is 0 Å². The normalized spacial score (nSPS) is 32.2. The van der Waals surface area contributed by atoms with Crippen LogP contribution in [0.1, 0.15) is 44.1 Å². The Morgan fingerprint density at radius 3 is 2.32 bits per heavy atom. The monoisotopic (exact) mass is 344 g/mol. The maximum absolute atomic E-state index is 12.5. The molecule has 0 aromatic heterocycles. The number of amides is 1. The molecule has 3 heterocycles. The summed E-state index contributed by atoms with van der Waals surface area (Å²) in [5, 5.41) is 11.3. The molecule has 3 aliphatic heterocycles. The van der Waals surface area contributed by atoms with Gasteiger partial charge in [-0.1, -0.05) is 12.1 Å². The minimum Gasteiger partial charge on any atom is -0.497 e. The zero-order chi connectivity index (χ0) is 17.4. The first-order chi connectivity index (χ1) is 12.1. The van der Waals surface area contributed by atoms with Gasteiger partial charge >= 0.3 is 0 Å². The number of aliphatic hydroxyl groups is 1. The zero-order valence-electron chi connectivity index (χ0n) is 15.0. The number of likely N-dealkylation sites (tertiary alicyclic amines) is 1. The molecule has 2 bridgehead atoms. The molecule has 4 rings (SSSR count). The molecule has 25 heavy (non-hydrogen) atoms. The number of rotatable bonds is 4. The Kier molecular flexibility index (Phi) is 4.46. The van der Waals surface area contributed by atoms with E-state index < -0.39 is 5.60 Å². The average Bonchev–Trinajstić information content (AvgIpc) is 3.23. The quantitative estimate of drug-likeness (QED) is 0.909. The van der Waals surface area contributed by atoms with Crippen molar-refractivity contribution < 1.29 is 14.6 Å². The van der Waals surface area contributed by atoms with Crippen molar-refractivity contribution in [3.63, 3.8) is 0 Å². The van der Waals surface area contributed by atoms with Gasteiger partial charge in [0.1, 0.15) is 5.75 Å². The van der Waals surface area contributed by atoms with Crippen LogP contribution in [0.3, 0.4) is 0 Å². The Labute approximate surface area is 149 Å². The third-order valence-corrected chi connectivity index (χ3v) is 6.32. The van der Waals surface area contributed by atoms with E-state index in [1.807, 2.05) is 29.2 Å². The third kappa shape index (κ3) is 3.15. The molecule has 2 atom stereocenters. The first-order valence-corrected chi connectivity index (χ1v) is 9.49. The van der Waals surface area contributed by atoms with Crippen LogP contribution in [0.15, 0.2) is 24.3 Å². The fourth-order valence-electron chi connectivity index (χ4n) is 4.93. The Morgan fingerprint density at radius 1 is 1.16 bits per heavy atom. The van der Waals surface area contributed by atoms with Gasteiger partial charge in [0.15, 0.2) is 0 Å². The highest BCUT2D eigenvalue weighted by Gasteiger charge is 2.48. The smallest absolute Gasteiger partial charge is 0.236 e. The number of carbonyl (C=O) groups is 1. The number of nitrogens with zero attached hydrogens (tertiary/aromatic N) is 2. The second-order valence-electron chi connectivity index (χ2n) is 7.81. The van der Waals surface area contributed by atoms with Crippen molar-refractivity contribution in [3.8, 4) is 5.75 Å². The molecule has 5 heteroatoms. The van der Waals surface area contributed by atoms with Gasteiger partial charge in [-0.3, -0.25) is 9.69 Å². The Morgan fingerprint density at radius 2 is 1.76 bits per heavy atom. The maximum atomic E-state index is 12.5. The molecule has 136 valence electrons. The van der Waals surface area contributed by atoms with Gasteiger partial charge in [-0.25, -0.2) is 0 Å². The molecule has 0 saturated carbocycles. The largest absolute Gasteiger partial charge is 0.497 e. The van der Waals surface area contributed by atoms with Crippen LogP contribution in [-0.4, -0.2) is 59.6 Å². The predicted molar refractivity (Wildman–Crippen MR) is 95.5 cm³/mol. The lowest BCUT2D eigenvalue weighted by Crippen LogP contribution is -2.52. The molecule has 3 saturated heterocycles. The van der Waals surface area contributed by atoms with Gasteiger partial charge in [0, 0.05) is 25.2 Å². The van der Waals surface area contributed by atoms with Crippen molar-refractivity contribution in [2.24, 2.45) is 0 Å². The number of hydrogen-bond acceptors (Lipinski definition) is 4. The molecule has 1 amide bonds. The minimum absolute atomic E-state index is 0.268. The molecule has 3 fully saturated rings. The van der Waals surface area contributed by atoms with Crippen molar-refractivity contribution in [2.75, 3.05) is 26.7 Å². The molecule has 1 N–H and O–H groups in total.